The van der Waals surface area contributed by atoms with Gasteiger partial charge in [0.05, 0.1) is 11.9 Å². The maximum absolute atomic E-state index is 11.4. The number of benzene rings is 1. The SMILES string of the molecule is Nc1ccccc1OCC(=O)Nc1cnoc1. The number of para-hydroxylation sites is 2. The zero-order valence-electron chi connectivity index (χ0n) is 8.92. The highest BCUT2D eigenvalue weighted by Gasteiger charge is 2.06. The van der Waals surface area contributed by atoms with E-state index in [-0.39, 0.29) is 12.5 Å². The Morgan fingerprint density at radius 2 is 2.29 bits per heavy atom. The number of nitrogens with zero attached hydrogens (tertiary/aromatic N) is 1. The number of nitrogens with one attached hydrogen (secondary N) is 1. The first-order valence-corrected chi connectivity index (χ1v) is 4.92. The van der Waals surface area contributed by atoms with E-state index in [1.54, 1.807) is 24.3 Å². The summed E-state index contributed by atoms with van der Waals surface area (Å²) in [5.41, 5.74) is 6.64. The first kappa shape index (κ1) is 11.0. The summed E-state index contributed by atoms with van der Waals surface area (Å²) < 4.78 is 9.83. The van der Waals surface area contributed by atoms with Gasteiger partial charge in [0.2, 0.25) is 0 Å². The highest BCUT2D eigenvalue weighted by Crippen LogP contribution is 2.19. The number of hydrogen-bond acceptors (Lipinski definition) is 5. The van der Waals surface area contributed by atoms with Crippen LogP contribution in [0.1, 0.15) is 0 Å². The second kappa shape index (κ2) is 5.02. The average molecular weight is 233 g/mol. The van der Waals surface area contributed by atoms with Crippen molar-refractivity contribution in [3.63, 3.8) is 0 Å². The lowest BCUT2D eigenvalue weighted by molar-refractivity contribution is -0.118. The van der Waals surface area contributed by atoms with E-state index in [0.29, 0.717) is 17.1 Å². The number of carbonyl (C=O) groups is 1. The molecule has 1 heterocycles. The number of hydrogen-bond donors (Lipinski definition) is 2. The molecule has 0 saturated heterocycles. The number of nitrogen functional groups attached to an aromatic ring is 1. The zero-order valence-corrected chi connectivity index (χ0v) is 8.92. The van der Waals surface area contributed by atoms with Crippen LogP contribution in [-0.4, -0.2) is 17.7 Å². The molecule has 0 unspecified atom stereocenters. The van der Waals surface area contributed by atoms with Crippen molar-refractivity contribution in [2.24, 2.45) is 0 Å². The van der Waals surface area contributed by atoms with Crippen LogP contribution in [0.5, 0.6) is 5.75 Å². The minimum atomic E-state index is -0.309. The lowest BCUT2D eigenvalue weighted by Gasteiger charge is -2.07. The summed E-state index contributed by atoms with van der Waals surface area (Å²) in [5, 5.41) is 6.01. The van der Waals surface area contributed by atoms with Gasteiger partial charge in [0.25, 0.3) is 5.91 Å². The van der Waals surface area contributed by atoms with E-state index >= 15 is 0 Å². The van der Waals surface area contributed by atoms with Crippen molar-refractivity contribution in [3.05, 3.63) is 36.7 Å². The van der Waals surface area contributed by atoms with Crippen molar-refractivity contribution < 1.29 is 14.1 Å². The topological polar surface area (TPSA) is 90.4 Å². The van der Waals surface area contributed by atoms with Gasteiger partial charge in [-0.2, -0.15) is 0 Å². The van der Waals surface area contributed by atoms with Crippen LogP contribution in [0.4, 0.5) is 11.4 Å². The third-order valence-electron chi connectivity index (χ3n) is 1.99. The maximum Gasteiger partial charge on any atom is 0.262 e. The smallest absolute Gasteiger partial charge is 0.262 e. The first-order valence-electron chi connectivity index (χ1n) is 4.92. The van der Waals surface area contributed by atoms with E-state index < -0.39 is 0 Å². The zero-order chi connectivity index (χ0) is 12.1. The number of rotatable bonds is 4. The molecule has 88 valence electrons. The van der Waals surface area contributed by atoms with E-state index in [1.807, 2.05) is 0 Å². The number of carbonyl (C=O) groups excluding carboxylic acids is 1. The summed E-state index contributed by atoms with van der Waals surface area (Å²) >= 11 is 0. The molecule has 0 aliphatic rings. The number of anilines is 2. The quantitative estimate of drug-likeness (QED) is 0.776. The largest absolute Gasteiger partial charge is 0.482 e. The normalized spacial score (nSPS) is 9.88. The summed E-state index contributed by atoms with van der Waals surface area (Å²) in [6, 6.07) is 6.97. The molecule has 0 fully saturated rings. The molecule has 2 rings (SSSR count). The molecule has 3 N–H and O–H groups in total. The molecule has 1 aromatic heterocycles. The summed E-state index contributed by atoms with van der Waals surface area (Å²) in [6.45, 7) is -0.126. The number of nitrogens with two attached hydrogens (primary N) is 1. The standard InChI is InChI=1S/C11H11N3O3/c12-9-3-1-2-4-10(9)16-7-11(15)14-8-5-13-17-6-8/h1-6H,7,12H2,(H,14,15). The van der Waals surface area contributed by atoms with Crippen molar-refractivity contribution in [1.82, 2.24) is 5.16 Å². The Kier molecular flexibility index (Phi) is 3.25. The van der Waals surface area contributed by atoms with Crippen LogP contribution in [0.15, 0.2) is 41.2 Å². The van der Waals surface area contributed by atoms with E-state index in [4.69, 9.17) is 10.5 Å². The lowest BCUT2D eigenvalue weighted by atomic mass is 10.3. The molecule has 0 radical (unpaired) electrons. The average Bonchev–Trinajstić information content (AvgIpc) is 2.81. The maximum atomic E-state index is 11.4. The Hall–Kier alpha value is -2.50. The van der Waals surface area contributed by atoms with Gasteiger partial charge in [-0.3, -0.25) is 4.79 Å². The summed E-state index contributed by atoms with van der Waals surface area (Å²) in [6.07, 6.45) is 2.73. The molecule has 0 atom stereocenters. The van der Waals surface area contributed by atoms with Crippen LogP contribution >= 0.6 is 0 Å². The second-order valence-electron chi connectivity index (χ2n) is 3.29. The monoisotopic (exact) mass is 233 g/mol. The molecule has 0 aliphatic carbocycles. The predicted octanol–water partition coefficient (Wildman–Crippen LogP) is 1.27. The van der Waals surface area contributed by atoms with Crippen molar-refractivity contribution in [3.8, 4) is 5.75 Å². The fraction of sp³-hybridized carbons (Fsp3) is 0.0909. The Morgan fingerprint density at radius 3 is 3.00 bits per heavy atom. The van der Waals surface area contributed by atoms with Crippen LogP contribution in [0.25, 0.3) is 0 Å². The third-order valence-corrected chi connectivity index (χ3v) is 1.99. The molecular weight excluding hydrogens is 222 g/mol. The molecule has 1 aromatic carbocycles. The Labute approximate surface area is 97.3 Å². The van der Waals surface area contributed by atoms with E-state index in [0.717, 1.165) is 0 Å². The molecule has 1 amide bonds. The van der Waals surface area contributed by atoms with E-state index in [1.165, 1.54) is 12.5 Å². The van der Waals surface area contributed by atoms with Crippen molar-refractivity contribution in [2.75, 3.05) is 17.7 Å². The van der Waals surface area contributed by atoms with Gasteiger partial charge in [0.15, 0.2) is 6.61 Å². The van der Waals surface area contributed by atoms with E-state index in [2.05, 4.69) is 15.0 Å². The number of amides is 1. The number of ether oxygens (including phenoxy) is 1. The van der Waals surface area contributed by atoms with Crippen LogP contribution in [0, 0.1) is 0 Å². The van der Waals surface area contributed by atoms with Gasteiger partial charge in [-0.15, -0.1) is 0 Å². The fourth-order valence-corrected chi connectivity index (χ4v) is 1.22. The Balaban J connectivity index is 1.86. The van der Waals surface area contributed by atoms with Crippen LogP contribution in [0.3, 0.4) is 0 Å². The predicted molar refractivity (Wildman–Crippen MR) is 61.5 cm³/mol. The van der Waals surface area contributed by atoms with Crippen molar-refractivity contribution in [1.29, 1.82) is 0 Å². The van der Waals surface area contributed by atoms with Crippen LogP contribution < -0.4 is 15.8 Å². The molecule has 0 bridgehead atoms. The molecule has 6 heteroatoms. The highest BCUT2D eigenvalue weighted by molar-refractivity contribution is 5.91. The highest BCUT2D eigenvalue weighted by atomic mass is 16.5. The van der Waals surface area contributed by atoms with Crippen molar-refractivity contribution in [2.45, 2.75) is 0 Å². The van der Waals surface area contributed by atoms with Gasteiger partial charge in [0, 0.05) is 0 Å². The van der Waals surface area contributed by atoms with E-state index in [9.17, 15) is 4.79 Å². The van der Waals surface area contributed by atoms with Gasteiger partial charge in [0.1, 0.15) is 17.7 Å². The molecule has 0 saturated carbocycles. The van der Waals surface area contributed by atoms with Crippen LogP contribution in [-0.2, 0) is 4.79 Å². The third kappa shape index (κ3) is 2.97. The van der Waals surface area contributed by atoms with Gasteiger partial charge in [-0.05, 0) is 12.1 Å². The molecule has 2 aromatic rings. The lowest BCUT2D eigenvalue weighted by Crippen LogP contribution is -2.20. The fourth-order valence-electron chi connectivity index (χ4n) is 1.22. The summed E-state index contributed by atoms with van der Waals surface area (Å²) in [5.74, 6) is 0.171. The molecule has 17 heavy (non-hydrogen) atoms. The van der Waals surface area contributed by atoms with Gasteiger partial charge < -0.3 is 20.3 Å². The van der Waals surface area contributed by atoms with Crippen molar-refractivity contribution >= 4 is 17.3 Å². The molecule has 0 spiro atoms. The van der Waals surface area contributed by atoms with Crippen LogP contribution in [0.2, 0.25) is 0 Å². The van der Waals surface area contributed by atoms with Gasteiger partial charge in [-0.25, -0.2) is 0 Å². The molecule has 6 nitrogen and oxygen atoms in total. The minimum Gasteiger partial charge on any atom is -0.482 e. The molecule has 0 aliphatic heterocycles. The second-order valence-corrected chi connectivity index (χ2v) is 3.29. The number of aromatic nitrogens is 1. The minimum absolute atomic E-state index is 0.126. The molecular formula is C11H11N3O3. The van der Waals surface area contributed by atoms with Gasteiger partial charge in [-0.1, -0.05) is 17.3 Å². The first-order chi connectivity index (χ1) is 8.25. The Bertz CT molecular complexity index is 496. The summed E-state index contributed by atoms with van der Waals surface area (Å²) in [7, 11) is 0. The van der Waals surface area contributed by atoms with Gasteiger partial charge >= 0.3 is 0 Å². The Morgan fingerprint density at radius 1 is 1.47 bits per heavy atom. The summed E-state index contributed by atoms with van der Waals surface area (Å²) in [4.78, 5) is 11.4.